The van der Waals surface area contributed by atoms with E-state index in [1.807, 2.05) is 0 Å². The molecule has 0 fully saturated rings. The first-order chi connectivity index (χ1) is 10.3. The quantitative estimate of drug-likeness (QED) is 0.173. The molecule has 0 aromatic rings. The molecule has 0 heterocycles. The maximum Gasteiger partial charge on any atom is 0.0760 e. The van der Waals surface area contributed by atoms with Crippen LogP contribution < -0.4 is 0 Å². The maximum absolute atomic E-state index is 3.70. The molecule has 0 aliphatic rings. The Hall–Kier alpha value is 0.500. The highest BCUT2D eigenvalue weighted by molar-refractivity contribution is 14.1. The fourth-order valence-corrected chi connectivity index (χ4v) is 4.14. The van der Waals surface area contributed by atoms with Gasteiger partial charge in [0.1, 0.15) is 0 Å². The van der Waals surface area contributed by atoms with Crippen LogP contribution in [0.2, 0.25) is 0 Å². The molecule has 24 heavy (non-hydrogen) atoms. The second kappa shape index (κ2) is 8.03. The average molecular weight is 554 g/mol. The van der Waals surface area contributed by atoms with E-state index in [2.05, 4.69) is 140 Å². The highest BCUT2D eigenvalue weighted by Gasteiger charge is 2.29. The van der Waals surface area contributed by atoms with Crippen LogP contribution in [0.3, 0.4) is 0 Å². The van der Waals surface area contributed by atoms with E-state index in [1.165, 1.54) is 11.1 Å². The van der Waals surface area contributed by atoms with Crippen LogP contribution in [0.25, 0.3) is 0 Å². The van der Waals surface area contributed by atoms with Crippen molar-refractivity contribution in [2.24, 2.45) is 21.7 Å². The molecule has 0 unspecified atom stereocenters. The molecule has 0 aromatic heterocycles. The summed E-state index contributed by atoms with van der Waals surface area (Å²) >= 11 is 4.83. The predicted molar refractivity (Wildman–Crippen MR) is 127 cm³/mol. The third kappa shape index (κ3) is 7.81. The van der Waals surface area contributed by atoms with Gasteiger partial charge in [0, 0.05) is 0 Å². The highest BCUT2D eigenvalue weighted by Crippen LogP contribution is 2.41. The van der Waals surface area contributed by atoms with Crippen LogP contribution >= 0.6 is 45.2 Å². The monoisotopic (exact) mass is 554 g/mol. The lowest BCUT2D eigenvalue weighted by Gasteiger charge is -2.32. The first-order valence-corrected chi connectivity index (χ1v) is 10.8. The van der Waals surface area contributed by atoms with Crippen LogP contribution in [0.4, 0.5) is 0 Å². The Balaban J connectivity index is 6.72. The van der Waals surface area contributed by atoms with Crippen molar-refractivity contribution in [1.29, 1.82) is 0 Å². The molecule has 0 N–H and O–H groups in total. The molecule has 0 aliphatic heterocycles. The summed E-state index contributed by atoms with van der Waals surface area (Å²) in [6.45, 7) is 27.2. The van der Waals surface area contributed by atoms with Crippen molar-refractivity contribution in [3.05, 3.63) is 29.8 Å². The molecular weight excluding hydrogens is 518 g/mol. The van der Waals surface area contributed by atoms with Crippen molar-refractivity contribution in [3.63, 3.8) is 0 Å². The van der Waals surface area contributed by atoms with E-state index >= 15 is 0 Å². The zero-order valence-electron chi connectivity index (χ0n) is 17.8. The highest BCUT2D eigenvalue weighted by atomic mass is 127. The molecule has 0 saturated heterocycles. The van der Waals surface area contributed by atoms with Crippen molar-refractivity contribution in [1.82, 2.24) is 0 Å². The van der Waals surface area contributed by atoms with Gasteiger partial charge in [0.05, 0.1) is 7.16 Å². The fourth-order valence-electron chi connectivity index (χ4n) is 3.33. The minimum Gasteiger partial charge on any atom is -0.104 e. The van der Waals surface area contributed by atoms with Gasteiger partial charge in [0.25, 0.3) is 0 Å². The number of halogens is 2. The third-order valence-corrected chi connectivity index (χ3v) is 6.31. The van der Waals surface area contributed by atoms with Gasteiger partial charge < -0.3 is 0 Å². The molecule has 0 spiro atoms. The average Bonchev–Trinajstić information content (AvgIpc) is 2.26. The van der Waals surface area contributed by atoms with Gasteiger partial charge in [0.2, 0.25) is 0 Å². The second-order valence-electron chi connectivity index (χ2n) is 10.6. The second-order valence-corrected chi connectivity index (χ2v) is 12.8. The van der Waals surface area contributed by atoms with Gasteiger partial charge in [-0.15, -0.1) is 11.5 Å². The number of rotatable bonds is 1. The van der Waals surface area contributed by atoms with Gasteiger partial charge >= 0.3 is 0 Å². The molecule has 138 valence electrons. The van der Waals surface area contributed by atoms with E-state index in [-0.39, 0.29) is 21.7 Å². The maximum atomic E-state index is 3.70. The van der Waals surface area contributed by atoms with Crippen LogP contribution in [0.15, 0.2) is 29.8 Å². The number of allylic oxidation sites excluding steroid dienone is 2. The summed E-state index contributed by atoms with van der Waals surface area (Å²) in [4.78, 5) is 0. The summed E-state index contributed by atoms with van der Waals surface area (Å²) in [5.41, 5.74) is 10.5. The molecule has 0 atom stereocenters. The standard InChI is InChI=1S/C22H36I2/c1-19(2,3)17(20(4,5)6)13-15(23)16(24)14-18(21(7,8)9)22(10,11)12/h1-12H3. The lowest BCUT2D eigenvalue weighted by atomic mass is 9.72. The molecule has 0 rings (SSSR count). The number of hydrogen-bond donors (Lipinski definition) is 0. The van der Waals surface area contributed by atoms with Crippen LogP contribution in [-0.2, 0) is 0 Å². The SMILES string of the molecule is CC(C)(C)C(=C=C(I)C(I)=C=C(C(C)(C)C)C(C)(C)C)C(C)(C)C. The molecule has 0 saturated carbocycles. The van der Waals surface area contributed by atoms with E-state index in [0.717, 1.165) is 7.16 Å². The Labute approximate surface area is 178 Å². The summed E-state index contributed by atoms with van der Waals surface area (Å²) in [7, 11) is 0. The minimum absolute atomic E-state index is 0.103. The molecule has 0 aliphatic carbocycles. The smallest absolute Gasteiger partial charge is 0.0760 e. The Morgan fingerprint density at radius 2 is 0.625 bits per heavy atom. The summed E-state index contributed by atoms with van der Waals surface area (Å²) in [5, 5.41) is 0. The molecule has 0 bridgehead atoms. The van der Waals surface area contributed by atoms with Gasteiger partial charge in [0.15, 0.2) is 0 Å². The summed E-state index contributed by atoms with van der Waals surface area (Å²) in [5.74, 6) is 0. The van der Waals surface area contributed by atoms with E-state index in [1.54, 1.807) is 0 Å². The van der Waals surface area contributed by atoms with Crippen LogP contribution in [0.1, 0.15) is 83.1 Å². The Morgan fingerprint density at radius 1 is 0.458 bits per heavy atom. The van der Waals surface area contributed by atoms with Gasteiger partial charge in [-0.1, -0.05) is 83.1 Å². The molecule has 0 amide bonds. The van der Waals surface area contributed by atoms with Crippen molar-refractivity contribution >= 4 is 45.2 Å². The molecule has 0 aromatic carbocycles. The Bertz CT molecular complexity index is 502. The molecule has 2 heteroatoms. The summed E-state index contributed by atoms with van der Waals surface area (Å²) in [6, 6.07) is 0. The van der Waals surface area contributed by atoms with Gasteiger partial charge in [-0.3, -0.25) is 0 Å². The molecule has 0 nitrogen and oxygen atoms in total. The lowest BCUT2D eigenvalue weighted by Crippen LogP contribution is -2.22. The van der Waals surface area contributed by atoms with E-state index in [0.29, 0.717) is 0 Å². The van der Waals surface area contributed by atoms with Gasteiger partial charge in [-0.2, -0.15) is 0 Å². The largest absolute Gasteiger partial charge is 0.104 e. The van der Waals surface area contributed by atoms with Crippen LogP contribution in [0.5, 0.6) is 0 Å². The Morgan fingerprint density at radius 3 is 0.750 bits per heavy atom. The van der Waals surface area contributed by atoms with Crippen molar-refractivity contribution < 1.29 is 0 Å². The first-order valence-electron chi connectivity index (χ1n) is 8.63. The lowest BCUT2D eigenvalue weighted by molar-refractivity contribution is 0.362. The van der Waals surface area contributed by atoms with Crippen LogP contribution in [0, 0.1) is 21.7 Å². The van der Waals surface area contributed by atoms with Gasteiger partial charge in [-0.25, -0.2) is 0 Å². The predicted octanol–water partition coefficient (Wildman–Crippen LogP) is 8.86. The minimum atomic E-state index is 0.103. The molecule has 0 radical (unpaired) electrons. The number of hydrogen-bond acceptors (Lipinski definition) is 0. The fraction of sp³-hybridized carbons (Fsp3) is 0.727. The zero-order chi connectivity index (χ0) is 19.7. The molecular formula is C22H36I2. The summed E-state index contributed by atoms with van der Waals surface area (Å²) < 4.78 is 2.30. The topological polar surface area (TPSA) is 0 Å². The first kappa shape index (κ1) is 24.5. The normalized spacial score (nSPS) is 13.1. The van der Waals surface area contributed by atoms with Crippen LogP contribution in [-0.4, -0.2) is 0 Å². The zero-order valence-corrected chi connectivity index (χ0v) is 22.1. The van der Waals surface area contributed by atoms with Crippen molar-refractivity contribution in [2.45, 2.75) is 83.1 Å². The Kier molecular flexibility index (Phi) is 8.19. The van der Waals surface area contributed by atoms with E-state index in [4.69, 9.17) is 0 Å². The van der Waals surface area contributed by atoms with Crippen molar-refractivity contribution in [3.8, 4) is 0 Å². The van der Waals surface area contributed by atoms with E-state index in [9.17, 15) is 0 Å². The van der Waals surface area contributed by atoms with Gasteiger partial charge in [-0.05, 0) is 78.0 Å². The third-order valence-electron chi connectivity index (χ3n) is 3.66. The van der Waals surface area contributed by atoms with Crippen molar-refractivity contribution in [2.75, 3.05) is 0 Å². The summed E-state index contributed by atoms with van der Waals surface area (Å²) in [6.07, 6.45) is 0. The van der Waals surface area contributed by atoms with E-state index < -0.39 is 0 Å².